The number of benzene rings is 1. The molecule has 2 aliphatic carbocycles. The molecule has 0 spiro atoms. The molecular weight excluding hydrogens is 242 g/mol. The van der Waals surface area contributed by atoms with Crippen molar-refractivity contribution in [3.63, 3.8) is 0 Å². The summed E-state index contributed by atoms with van der Waals surface area (Å²) in [4.78, 5) is 12.6. The summed E-state index contributed by atoms with van der Waals surface area (Å²) in [6.07, 6.45) is 6.81. The van der Waals surface area contributed by atoms with Crippen molar-refractivity contribution in [3.05, 3.63) is 42.5 Å². The van der Waals surface area contributed by atoms with Crippen molar-refractivity contribution in [1.29, 1.82) is 0 Å². The molecular formula is C15H17NOS. The number of hydrogen-bond acceptors (Lipinski definition) is 2. The lowest BCUT2D eigenvalue weighted by Crippen LogP contribution is -2.47. The number of nitrogens with one attached hydrogen (secondary N) is 1. The zero-order valence-corrected chi connectivity index (χ0v) is 11.2. The third-order valence-electron chi connectivity index (χ3n) is 3.77. The van der Waals surface area contributed by atoms with Gasteiger partial charge in [0, 0.05) is 17.7 Å². The van der Waals surface area contributed by atoms with Crippen LogP contribution in [0.15, 0.2) is 47.4 Å². The van der Waals surface area contributed by atoms with Crippen molar-refractivity contribution >= 4 is 17.7 Å². The third-order valence-corrected chi connectivity index (χ3v) is 5.21. The van der Waals surface area contributed by atoms with E-state index >= 15 is 0 Å². The number of fused-ring (bicyclic) bond motifs is 2. The van der Waals surface area contributed by atoms with E-state index in [1.165, 1.54) is 11.3 Å². The summed E-state index contributed by atoms with van der Waals surface area (Å²) < 4.78 is 0. The molecule has 1 saturated carbocycles. The van der Waals surface area contributed by atoms with Crippen LogP contribution >= 0.6 is 11.8 Å². The summed E-state index contributed by atoms with van der Waals surface area (Å²) in [7, 11) is 0. The first-order chi connectivity index (χ1) is 8.68. The van der Waals surface area contributed by atoms with Gasteiger partial charge in [0.1, 0.15) is 0 Å². The minimum atomic E-state index is -0.132. The van der Waals surface area contributed by atoms with Gasteiger partial charge in [-0.15, -0.1) is 0 Å². The van der Waals surface area contributed by atoms with Crippen LogP contribution in [0, 0.1) is 11.8 Å². The van der Waals surface area contributed by atoms with Gasteiger partial charge in [-0.2, -0.15) is 0 Å². The first-order valence-electron chi connectivity index (χ1n) is 6.39. The van der Waals surface area contributed by atoms with Gasteiger partial charge in [-0.1, -0.05) is 42.1 Å². The number of rotatable bonds is 3. The second-order valence-corrected chi connectivity index (χ2v) is 6.58. The van der Waals surface area contributed by atoms with Crippen LogP contribution in [0.25, 0.3) is 0 Å². The zero-order valence-electron chi connectivity index (χ0n) is 10.4. The molecule has 1 fully saturated rings. The monoisotopic (exact) mass is 259 g/mol. The van der Waals surface area contributed by atoms with Gasteiger partial charge in [-0.3, -0.25) is 4.79 Å². The zero-order chi connectivity index (χ0) is 12.6. The van der Waals surface area contributed by atoms with Crippen molar-refractivity contribution in [1.82, 2.24) is 5.32 Å². The van der Waals surface area contributed by atoms with E-state index in [9.17, 15) is 4.79 Å². The largest absolute Gasteiger partial charge is 0.341 e. The fourth-order valence-electron chi connectivity index (χ4n) is 3.10. The smallest absolute Gasteiger partial charge is 0.217 e. The molecule has 2 nitrogen and oxygen atoms in total. The average Bonchev–Trinajstić information content (AvgIpc) is 2.89. The number of amides is 1. The van der Waals surface area contributed by atoms with Crippen LogP contribution in [0.2, 0.25) is 0 Å². The van der Waals surface area contributed by atoms with E-state index in [-0.39, 0.29) is 10.8 Å². The van der Waals surface area contributed by atoms with Crippen LogP contribution in [0.3, 0.4) is 0 Å². The van der Waals surface area contributed by atoms with Gasteiger partial charge in [0.15, 0.2) is 0 Å². The summed E-state index contributed by atoms with van der Waals surface area (Å²) in [5.41, 5.74) is 0. The molecule has 3 atom stereocenters. The molecule has 18 heavy (non-hydrogen) atoms. The lowest BCUT2D eigenvalue weighted by molar-refractivity contribution is -0.120. The van der Waals surface area contributed by atoms with E-state index in [2.05, 4.69) is 29.6 Å². The molecule has 0 aliphatic heterocycles. The van der Waals surface area contributed by atoms with Crippen molar-refractivity contribution < 1.29 is 4.79 Å². The molecule has 0 radical (unpaired) electrons. The summed E-state index contributed by atoms with van der Waals surface area (Å²) in [6, 6.07) is 10.4. The Morgan fingerprint density at radius 1 is 1.33 bits per heavy atom. The van der Waals surface area contributed by atoms with Crippen molar-refractivity contribution in [3.8, 4) is 0 Å². The Labute approximate surface area is 112 Å². The molecule has 0 heterocycles. The second-order valence-electron chi connectivity index (χ2n) is 5.18. The Morgan fingerprint density at radius 2 is 2.11 bits per heavy atom. The highest BCUT2D eigenvalue weighted by Crippen LogP contribution is 2.53. The van der Waals surface area contributed by atoms with E-state index < -0.39 is 0 Å². The van der Waals surface area contributed by atoms with Crippen LogP contribution in [0.1, 0.15) is 19.8 Å². The van der Waals surface area contributed by atoms with Crippen LogP contribution < -0.4 is 5.32 Å². The van der Waals surface area contributed by atoms with E-state index in [1.54, 1.807) is 18.7 Å². The van der Waals surface area contributed by atoms with Crippen molar-refractivity contribution in [2.24, 2.45) is 11.8 Å². The number of carbonyl (C=O) groups is 1. The third kappa shape index (κ3) is 2.07. The van der Waals surface area contributed by atoms with E-state index in [1.807, 2.05) is 18.2 Å². The summed E-state index contributed by atoms with van der Waals surface area (Å²) >= 11 is 1.81. The highest BCUT2D eigenvalue weighted by atomic mass is 32.2. The Hall–Kier alpha value is -1.22. The fourth-order valence-corrected chi connectivity index (χ4v) is 4.63. The molecule has 0 saturated heterocycles. The minimum Gasteiger partial charge on any atom is -0.341 e. The molecule has 3 heteroatoms. The predicted octanol–water partition coefficient (Wildman–Crippen LogP) is 3.21. The molecule has 0 aromatic heterocycles. The molecule has 3 unspecified atom stereocenters. The van der Waals surface area contributed by atoms with Crippen LogP contribution in [-0.2, 0) is 4.79 Å². The van der Waals surface area contributed by atoms with Gasteiger partial charge < -0.3 is 5.32 Å². The molecule has 1 aromatic rings. The van der Waals surface area contributed by atoms with Gasteiger partial charge in [-0.05, 0) is 30.9 Å². The predicted molar refractivity (Wildman–Crippen MR) is 74.2 cm³/mol. The Morgan fingerprint density at radius 3 is 2.67 bits per heavy atom. The summed E-state index contributed by atoms with van der Waals surface area (Å²) in [6.45, 7) is 1.61. The first-order valence-corrected chi connectivity index (χ1v) is 7.21. The number of thioether (sulfide) groups is 1. The maximum atomic E-state index is 11.5. The maximum absolute atomic E-state index is 11.5. The van der Waals surface area contributed by atoms with E-state index in [0.717, 1.165) is 6.42 Å². The van der Waals surface area contributed by atoms with Gasteiger partial charge in [0.25, 0.3) is 0 Å². The Kier molecular flexibility index (Phi) is 2.94. The fraction of sp³-hybridized carbons (Fsp3) is 0.400. The number of carbonyl (C=O) groups excluding carboxylic acids is 1. The van der Waals surface area contributed by atoms with Gasteiger partial charge in [-0.25, -0.2) is 0 Å². The van der Waals surface area contributed by atoms with Crippen LogP contribution in [-0.4, -0.2) is 10.8 Å². The highest BCUT2D eigenvalue weighted by molar-refractivity contribution is 8.00. The lowest BCUT2D eigenvalue weighted by atomic mass is 10.0. The Balaban J connectivity index is 1.87. The van der Waals surface area contributed by atoms with Crippen molar-refractivity contribution in [2.45, 2.75) is 29.5 Å². The van der Waals surface area contributed by atoms with E-state index in [4.69, 9.17) is 0 Å². The standard InChI is InChI=1S/C15H17NOS/c1-11(17)16-15(10-12-7-8-13(15)9-12)18-14-5-3-2-4-6-14/h2-8,12-13H,9-10H2,1H3,(H,16,17). The van der Waals surface area contributed by atoms with Crippen LogP contribution in [0.4, 0.5) is 0 Å². The SMILES string of the molecule is CC(=O)NC1(Sc2ccccc2)CC2C=CC1C2. The van der Waals surface area contributed by atoms with Gasteiger partial charge in [0.2, 0.25) is 5.91 Å². The van der Waals surface area contributed by atoms with Crippen molar-refractivity contribution in [2.75, 3.05) is 0 Å². The minimum absolute atomic E-state index is 0.0689. The average molecular weight is 259 g/mol. The quantitative estimate of drug-likeness (QED) is 0.667. The molecule has 1 N–H and O–H groups in total. The molecule has 94 valence electrons. The molecule has 1 amide bonds. The topological polar surface area (TPSA) is 29.1 Å². The molecule has 2 aliphatic rings. The maximum Gasteiger partial charge on any atom is 0.217 e. The molecule has 2 bridgehead atoms. The van der Waals surface area contributed by atoms with Gasteiger partial charge in [0.05, 0.1) is 4.87 Å². The first kappa shape index (κ1) is 11.8. The van der Waals surface area contributed by atoms with Gasteiger partial charge >= 0.3 is 0 Å². The molecule has 1 aromatic carbocycles. The Bertz CT molecular complexity index is 485. The number of hydrogen-bond donors (Lipinski definition) is 1. The molecule has 3 rings (SSSR count). The highest BCUT2D eigenvalue weighted by Gasteiger charge is 2.49. The number of allylic oxidation sites excluding steroid dienone is 1. The summed E-state index contributed by atoms with van der Waals surface area (Å²) in [5.74, 6) is 1.18. The second kappa shape index (κ2) is 4.47. The lowest BCUT2D eigenvalue weighted by Gasteiger charge is -2.35. The normalized spacial score (nSPS) is 32.7. The summed E-state index contributed by atoms with van der Waals surface area (Å²) in [5, 5.41) is 3.21. The van der Waals surface area contributed by atoms with Crippen LogP contribution in [0.5, 0.6) is 0 Å². The van der Waals surface area contributed by atoms with E-state index in [0.29, 0.717) is 11.8 Å².